The first-order valence-corrected chi connectivity index (χ1v) is 7.50. The van der Waals surface area contributed by atoms with Gasteiger partial charge in [0.2, 0.25) is 5.91 Å². The number of piperidine rings is 1. The predicted octanol–water partition coefficient (Wildman–Crippen LogP) is -1.15. The Balaban J connectivity index is 1.72. The maximum atomic E-state index is 12.3. The van der Waals surface area contributed by atoms with Gasteiger partial charge in [0.05, 0.1) is 12.6 Å². The molecule has 3 heterocycles. The standard InChI is InChI=1S/C11H16N4O3S/c16-8(7-4-19-6-12-7)15-3-1-2-11(5-15)9(17)13-10(18)14-11/h7,12H,1-6H2,(H2,13,14,17,18). The molecule has 0 bridgehead atoms. The van der Waals surface area contributed by atoms with Gasteiger partial charge in [0.15, 0.2) is 0 Å². The van der Waals surface area contributed by atoms with Crippen LogP contribution in [0.3, 0.4) is 0 Å². The first kappa shape index (κ1) is 12.7. The summed E-state index contributed by atoms with van der Waals surface area (Å²) in [6.45, 7) is 0.916. The van der Waals surface area contributed by atoms with E-state index >= 15 is 0 Å². The molecular weight excluding hydrogens is 268 g/mol. The number of nitrogens with one attached hydrogen (secondary N) is 3. The minimum Gasteiger partial charge on any atom is -0.338 e. The summed E-state index contributed by atoms with van der Waals surface area (Å²) in [5.41, 5.74) is -0.920. The van der Waals surface area contributed by atoms with Gasteiger partial charge in [0, 0.05) is 18.2 Å². The molecule has 1 spiro atoms. The third-order valence-corrected chi connectivity index (χ3v) is 4.77. The Morgan fingerprint density at radius 2 is 2.26 bits per heavy atom. The van der Waals surface area contributed by atoms with Crippen LogP contribution in [0.25, 0.3) is 0 Å². The van der Waals surface area contributed by atoms with Crippen molar-refractivity contribution in [1.29, 1.82) is 0 Å². The number of carbonyl (C=O) groups excluding carboxylic acids is 3. The molecule has 19 heavy (non-hydrogen) atoms. The Labute approximate surface area is 114 Å². The fraction of sp³-hybridized carbons (Fsp3) is 0.727. The van der Waals surface area contributed by atoms with Crippen molar-refractivity contribution in [2.75, 3.05) is 24.7 Å². The van der Waals surface area contributed by atoms with Crippen LogP contribution < -0.4 is 16.0 Å². The normalized spacial score (nSPS) is 34.5. The van der Waals surface area contributed by atoms with Gasteiger partial charge < -0.3 is 10.2 Å². The SMILES string of the molecule is O=C1NC(=O)C2(CCCN(C(=O)C3CSCN3)C2)N1. The highest BCUT2D eigenvalue weighted by Crippen LogP contribution is 2.25. The number of thioether (sulfide) groups is 1. The van der Waals surface area contributed by atoms with Crippen molar-refractivity contribution in [3.63, 3.8) is 0 Å². The number of hydrogen-bond acceptors (Lipinski definition) is 5. The van der Waals surface area contributed by atoms with Gasteiger partial charge in [-0.25, -0.2) is 4.79 Å². The van der Waals surface area contributed by atoms with E-state index in [4.69, 9.17) is 0 Å². The molecule has 3 rings (SSSR count). The molecule has 0 aromatic heterocycles. The van der Waals surface area contributed by atoms with Crippen molar-refractivity contribution < 1.29 is 14.4 Å². The molecule has 3 saturated heterocycles. The van der Waals surface area contributed by atoms with Crippen molar-refractivity contribution in [2.45, 2.75) is 24.4 Å². The zero-order valence-electron chi connectivity index (χ0n) is 10.4. The molecule has 0 aliphatic carbocycles. The highest BCUT2D eigenvalue weighted by molar-refractivity contribution is 7.99. The van der Waals surface area contributed by atoms with E-state index in [1.54, 1.807) is 16.7 Å². The summed E-state index contributed by atoms with van der Waals surface area (Å²) in [5, 5.41) is 8.07. The Morgan fingerprint density at radius 1 is 1.42 bits per heavy atom. The fourth-order valence-corrected chi connectivity index (χ4v) is 3.77. The van der Waals surface area contributed by atoms with E-state index in [1.165, 1.54) is 0 Å². The van der Waals surface area contributed by atoms with Gasteiger partial charge in [0.25, 0.3) is 5.91 Å². The predicted molar refractivity (Wildman–Crippen MR) is 69.5 cm³/mol. The van der Waals surface area contributed by atoms with Crippen LogP contribution in [-0.4, -0.2) is 59.0 Å². The van der Waals surface area contributed by atoms with Crippen molar-refractivity contribution in [1.82, 2.24) is 20.9 Å². The van der Waals surface area contributed by atoms with Gasteiger partial charge in [-0.1, -0.05) is 0 Å². The summed E-state index contributed by atoms with van der Waals surface area (Å²) in [5.74, 6) is 1.26. The molecule has 2 atom stereocenters. The van der Waals surface area contributed by atoms with E-state index < -0.39 is 11.6 Å². The van der Waals surface area contributed by atoms with Crippen molar-refractivity contribution in [2.24, 2.45) is 0 Å². The van der Waals surface area contributed by atoms with E-state index in [2.05, 4.69) is 16.0 Å². The van der Waals surface area contributed by atoms with Crippen LogP contribution in [0.2, 0.25) is 0 Å². The molecule has 104 valence electrons. The second kappa shape index (κ2) is 4.68. The lowest BCUT2D eigenvalue weighted by Crippen LogP contribution is -2.61. The molecule has 2 unspecified atom stereocenters. The molecule has 0 aromatic carbocycles. The fourth-order valence-electron chi connectivity index (χ4n) is 2.83. The highest BCUT2D eigenvalue weighted by atomic mass is 32.2. The summed E-state index contributed by atoms with van der Waals surface area (Å²) >= 11 is 1.69. The number of hydrogen-bond donors (Lipinski definition) is 3. The van der Waals surface area contributed by atoms with Crippen LogP contribution in [0.1, 0.15) is 12.8 Å². The summed E-state index contributed by atoms with van der Waals surface area (Å²) < 4.78 is 0. The average molecular weight is 284 g/mol. The van der Waals surface area contributed by atoms with E-state index in [0.29, 0.717) is 13.0 Å². The average Bonchev–Trinajstić information content (AvgIpc) is 2.99. The second-order valence-corrected chi connectivity index (χ2v) is 6.16. The molecule has 3 aliphatic heterocycles. The molecule has 0 aromatic rings. The van der Waals surface area contributed by atoms with Crippen LogP contribution in [0.5, 0.6) is 0 Å². The van der Waals surface area contributed by atoms with Crippen LogP contribution in [0.4, 0.5) is 4.79 Å². The lowest BCUT2D eigenvalue weighted by atomic mass is 9.89. The topological polar surface area (TPSA) is 90.5 Å². The number of likely N-dealkylation sites (tertiary alicyclic amines) is 1. The second-order valence-electron chi connectivity index (χ2n) is 5.13. The summed E-state index contributed by atoms with van der Waals surface area (Å²) in [6.07, 6.45) is 1.31. The minimum absolute atomic E-state index is 0.0259. The smallest absolute Gasteiger partial charge is 0.322 e. The van der Waals surface area contributed by atoms with Crippen molar-refractivity contribution in [3.05, 3.63) is 0 Å². The largest absolute Gasteiger partial charge is 0.338 e. The number of carbonyl (C=O) groups is 3. The van der Waals surface area contributed by atoms with Crippen LogP contribution in [0.15, 0.2) is 0 Å². The number of nitrogens with zero attached hydrogens (tertiary/aromatic N) is 1. The van der Waals surface area contributed by atoms with E-state index in [1.807, 2.05) is 0 Å². The van der Waals surface area contributed by atoms with Gasteiger partial charge in [-0.3, -0.25) is 20.2 Å². The van der Waals surface area contributed by atoms with Gasteiger partial charge >= 0.3 is 6.03 Å². The lowest BCUT2D eigenvalue weighted by molar-refractivity contribution is -0.137. The van der Waals surface area contributed by atoms with Gasteiger partial charge in [-0.2, -0.15) is 0 Å². The first-order chi connectivity index (χ1) is 9.11. The van der Waals surface area contributed by atoms with E-state index in [-0.39, 0.29) is 24.4 Å². The minimum atomic E-state index is -0.920. The summed E-state index contributed by atoms with van der Waals surface area (Å²) in [6, 6.07) is -0.630. The van der Waals surface area contributed by atoms with Crippen LogP contribution in [0, 0.1) is 0 Å². The van der Waals surface area contributed by atoms with Crippen molar-refractivity contribution in [3.8, 4) is 0 Å². The molecule has 0 saturated carbocycles. The third-order valence-electron chi connectivity index (χ3n) is 3.83. The first-order valence-electron chi connectivity index (χ1n) is 6.34. The monoisotopic (exact) mass is 284 g/mol. The maximum Gasteiger partial charge on any atom is 0.322 e. The molecule has 3 N–H and O–H groups in total. The Hall–Kier alpha value is -1.28. The summed E-state index contributed by atoms with van der Waals surface area (Å²) in [7, 11) is 0. The number of rotatable bonds is 1. The van der Waals surface area contributed by atoms with Crippen LogP contribution >= 0.6 is 11.8 Å². The molecule has 7 nitrogen and oxygen atoms in total. The number of urea groups is 1. The molecule has 8 heteroatoms. The molecule has 3 aliphatic rings. The maximum absolute atomic E-state index is 12.3. The van der Waals surface area contributed by atoms with Crippen molar-refractivity contribution >= 4 is 29.6 Å². The van der Waals surface area contributed by atoms with E-state index in [0.717, 1.165) is 18.1 Å². The lowest BCUT2D eigenvalue weighted by Gasteiger charge is -2.38. The zero-order chi connectivity index (χ0) is 13.5. The Kier molecular flexibility index (Phi) is 3.14. The van der Waals surface area contributed by atoms with E-state index in [9.17, 15) is 14.4 Å². The molecule has 4 amide bonds. The Bertz CT molecular complexity index is 438. The quantitative estimate of drug-likeness (QED) is 0.529. The van der Waals surface area contributed by atoms with Gasteiger partial charge in [0.1, 0.15) is 5.54 Å². The molecule has 0 radical (unpaired) electrons. The van der Waals surface area contributed by atoms with Gasteiger partial charge in [-0.05, 0) is 12.8 Å². The number of amides is 4. The third kappa shape index (κ3) is 2.18. The molecule has 3 fully saturated rings. The highest BCUT2D eigenvalue weighted by Gasteiger charge is 2.50. The van der Waals surface area contributed by atoms with Crippen LogP contribution in [-0.2, 0) is 9.59 Å². The summed E-state index contributed by atoms with van der Waals surface area (Å²) in [4.78, 5) is 37.2. The molecular formula is C11H16N4O3S. The zero-order valence-corrected chi connectivity index (χ0v) is 11.2. The Morgan fingerprint density at radius 3 is 2.89 bits per heavy atom. The van der Waals surface area contributed by atoms with Gasteiger partial charge in [-0.15, -0.1) is 11.8 Å². The number of imide groups is 1.